The molecule has 0 amide bonds. The number of hydrogen-bond acceptors (Lipinski definition) is 4. The Morgan fingerprint density at radius 3 is 2.47 bits per heavy atom. The summed E-state index contributed by atoms with van der Waals surface area (Å²) in [7, 11) is 1.49. The number of nitrogen functional groups attached to an aromatic ring is 1. The van der Waals surface area contributed by atoms with Crippen molar-refractivity contribution in [2.45, 2.75) is 39.8 Å². The van der Waals surface area contributed by atoms with E-state index in [2.05, 4.69) is 12.2 Å². The zero-order valence-electron chi connectivity index (χ0n) is 11.9. The van der Waals surface area contributed by atoms with E-state index in [0.29, 0.717) is 24.2 Å². The SMILES string of the molecule is CC(C)Cn1c(N)c(NC2CC2C)c(=O)n(C)c1=O. The topological polar surface area (TPSA) is 82.0 Å². The fraction of sp³-hybridized carbons (Fsp3) is 0.692. The molecule has 1 heterocycles. The molecule has 6 heteroatoms. The van der Waals surface area contributed by atoms with Crippen molar-refractivity contribution in [2.75, 3.05) is 11.1 Å². The summed E-state index contributed by atoms with van der Waals surface area (Å²) >= 11 is 0. The molecule has 1 fully saturated rings. The largest absolute Gasteiger partial charge is 0.383 e. The van der Waals surface area contributed by atoms with Crippen LogP contribution in [0.2, 0.25) is 0 Å². The molecule has 0 aliphatic heterocycles. The zero-order valence-corrected chi connectivity index (χ0v) is 11.9. The van der Waals surface area contributed by atoms with Crippen molar-refractivity contribution in [1.29, 1.82) is 0 Å². The lowest BCUT2D eigenvalue weighted by molar-refractivity contribution is 0.494. The lowest BCUT2D eigenvalue weighted by Crippen LogP contribution is -2.41. The van der Waals surface area contributed by atoms with Gasteiger partial charge in [0.2, 0.25) is 0 Å². The second kappa shape index (κ2) is 4.75. The standard InChI is InChI=1S/C13H22N4O2/c1-7(2)6-17-11(14)10(15-9-5-8(9)3)12(18)16(4)13(17)19/h7-9,15H,5-6,14H2,1-4H3. The molecule has 1 aliphatic carbocycles. The highest BCUT2D eigenvalue weighted by Crippen LogP contribution is 2.32. The lowest BCUT2D eigenvalue weighted by atomic mass is 10.2. The molecule has 0 aromatic carbocycles. The number of aromatic nitrogens is 2. The molecule has 1 saturated carbocycles. The minimum atomic E-state index is -0.356. The summed E-state index contributed by atoms with van der Waals surface area (Å²) in [5, 5.41) is 3.17. The molecule has 1 aromatic rings. The van der Waals surface area contributed by atoms with Gasteiger partial charge in [-0.2, -0.15) is 0 Å². The first-order valence-electron chi connectivity index (χ1n) is 6.68. The Morgan fingerprint density at radius 2 is 2.00 bits per heavy atom. The highest BCUT2D eigenvalue weighted by molar-refractivity contribution is 5.61. The number of anilines is 2. The number of nitrogens with one attached hydrogen (secondary N) is 1. The molecule has 3 N–H and O–H groups in total. The fourth-order valence-electron chi connectivity index (χ4n) is 2.17. The van der Waals surface area contributed by atoms with E-state index < -0.39 is 0 Å². The van der Waals surface area contributed by atoms with Gasteiger partial charge < -0.3 is 11.1 Å². The summed E-state index contributed by atoms with van der Waals surface area (Å²) < 4.78 is 2.59. The third kappa shape index (κ3) is 2.52. The van der Waals surface area contributed by atoms with Crippen LogP contribution in [0.4, 0.5) is 11.5 Å². The maximum absolute atomic E-state index is 12.1. The van der Waals surface area contributed by atoms with E-state index in [9.17, 15) is 9.59 Å². The molecule has 19 heavy (non-hydrogen) atoms. The molecular formula is C13H22N4O2. The van der Waals surface area contributed by atoms with Crippen molar-refractivity contribution >= 4 is 11.5 Å². The quantitative estimate of drug-likeness (QED) is 0.836. The van der Waals surface area contributed by atoms with Crippen molar-refractivity contribution in [3.63, 3.8) is 0 Å². The Balaban J connectivity index is 2.50. The van der Waals surface area contributed by atoms with Gasteiger partial charge in [-0.05, 0) is 18.3 Å². The number of nitrogens with zero attached hydrogens (tertiary/aromatic N) is 2. The van der Waals surface area contributed by atoms with Gasteiger partial charge in [-0.15, -0.1) is 0 Å². The minimum Gasteiger partial charge on any atom is -0.383 e. The lowest BCUT2D eigenvalue weighted by Gasteiger charge is -2.17. The zero-order chi connectivity index (χ0) is 14.3. The van der Waals surface area contributed by atoms with Crippen LogP contribution in [0.5, 0.6) is 0 Å². The smallest absolute Gasteiger partial charge is 0.332 e. The van der Waals surface area contributed by atoms with Crippen LogP contribution in [-0.4, -0.2) is 15.2 Å². The van der Waals surface area contributed by atoms with Crippen LogP contribution in [0, 0.1) is 11.8 Å². The first-order valence-corrected chi connectivity index (χ1v) is 6.68. The molecule has 0 radical (unpaired) electrons. The summed E-state index contributed by atoms with van der Waals surface area (Å²) in [6, 6.07) is 0.292. The van der Waals surface area contributed by atoms with Gasteiger partial charge in [0.05, 0.1) is 0 Å². The molecule has 1 aliphatic rings. The predicted molar refractivity (Wildman–Crippen MR) is 76.4 cm³/mol. The Morgan fingerprint density at radius 1 is 1.42 bits per heavy atom. The van der Waals surface area contributed by atoms with Gasteiger partial charge in [0, 0.05) is 19.6 Å². The minimum absolute atomic E-state index is 0.251. The molecule has 0 saturated heterocycles. The molecule has 2 atom stereocenters. The highest BCUT2D eigenvalue weighted by atomic mass is 16.2. The Bertz CT molecular complexity index is 600. The van der Waals surface area contributed by atoms with Crippen LogP contribution in [0.1, 0.15) is 27.2 Å². The van der Waals surface area contributed by atoms with Crippen LogP contribution >= 0.6 is 0 Å². The monoisotopic (exact) mass is 266 g/mol. The average molecular weight is 266 g/mol. The second-order valence-electron chi connectivity index (χ2n) is 5.88. The maximum atomic E-state index is 12.1. The molecule has 1 aromatic heterocycles. The van der Waals surface area contributed by atoms with E-state index >= 15 is 0 Å². The number of nitrogens with two attached hydrogens (primary N) is 1. The predicted octanol–water partition coefficient (Wildman–Crippen LogP) is 0.606. The summed E-state index contributed by atoms with van der Waals surface area (Å²) in [5.74, 6) is 1.08. The van der Waals surface area contributed by atoms with Crippen molar-refractivity contribution < 1.29 is 0 Å². The van der Waals surface area contributed by atoms with Gasteiger partial charge in [-0.25, -0.2) is 4.79 Å². The second-order valence-corrected chi connectivity index (χ2v) is 5.88. The Kier molecular flexibility index (Phi) is 3.43. The van der Waals surface area contributed by atoms with Gasteiger partial charge in [-0.1, -0.05) is 20.8 Å². The molecule has 2 unspecified atom stereocenters. The van der Waals surface area contributed by atoms with Gasteiger partial charge in [-0.3, -0.25) is 13.9 Å². The summed E-state index contributed by atoms with van der Waals surface area (Å²) in [6.07, 6.45) is 1.03. The normalized spacial score (nSPS) is 21.7. The third-order valence-corrected chi connectivity index (χ3v) is 3.57. The van der Waals surface area contributed by atoms with Crippen LogP contribution < -0.4 is 22.3 Å². The first kappa shape index (κ1) is 13.7. The number of hydrogen-bond donors (Lipinski definition) is 2. The third-order valence-electron chi connectivity index (χ3n) is 3.57. The highest BCUT2D eigenvalue weighted by Gasteiger charge is 2.34. The Hall–Kier alpha value is -1.72. The number of rotatable bonds is 4. The van der Waals surface area contributed by atoms with Crippen LogP contribution in [-0.2, 0) is 13.6 Å². The van der Waals surface area contributed by atoms with Gasteiger partial charge in [0.25, 0.3) is 5.56 Å². The molecule has 0 spiro atoms. The van der Waals surface area contributed by atoms with E-state index in [-0.39, 0.29) is 23.0 Å². The summed E-state index contributed by atoms with van der Waals surface area (Å²) in [5.41, 5.74) is 5.67. The summed E-state index contributed by atoms with van der Waals surface area (Å²) in [6.45, 7) is 6.64. The maximum Gasteiger partial charge on any atom is 0.332 e. The van der Waals surface area contributed by atoms with E-state index in [1.807, 2.05) is 13.8 Å². The van der Waals surface area contributed by atoms with E-state index in [1.54, 1.807) is 0 Å². The van der Waals surface area contributed by atoms with Crippen molar-refractivity contribution in [3.05, 3.63) is 20.8 Å². The molecule has 6 nitrogen and oxygen atoms in total. The molecule has 0 bridgehead atoms. The van der Waals surface area contributed by atoms with Crippen LogP contribution in [0.25, 0.3) is 0 Å². The van der Waals surface area contributed by atoms with Crippen molar-refractivity contribution in [3.8, 4) is 0 Å². The van der Waals surface area contributed by atoms with Crippen LogP contribution in [0.15, 0.2) is 9.59 Å². The van der Waals surface area contributed by atoms with Gasteiger partial charge >= 0.3 is 5.69 Å². The van der Waals surface area contributed by atoms with Crippen molar-refractivity contribution in [1.82, 2.24) is 9.13 Å². The average Bonchev–Trinajstić information content (AvgIpc) is 3.03. The van der Waals surface area contributed by atoms with Crippen LogP contribution in [0.3, 0.4) is 0 Å². The molecule has 106 valence electrons. The van der Waals surface area contributed by atoms with E-state index in [4.69, 9.17) is 5.73 Å². The van der Waals surface area contributed by atoms with Gasteiger partial charge in [0.1, 0.15) is 11.5 Å². The fourth-order valence-corrected chi connectivity index (χ4v) is 2.17. The molecule has 2 rings (SSSR count). The Labute approximate surface area is 112 Å². The van der Waals surface area contributed by atoms with Crippen molar-refractivity contribution in [2.24, 2.45) is 18.9 Å². The van der Waals surface area contributed by atoms with E-state index in [1.165, 1.54) is 11.6 Å². The van der Waals surface area contributed by atoms with Gasteiger partial charge in [0.15, 0.2) is 0 Å². The van der Waals surface area contributed by atoms with E-state index in [0.717, 1.165) is 11.0 Å². The first-order chi connectivity index (χ1) is 8.82. The summed E-state index contributed by atoms with van der Waals surface area (Å²) in [4.78, 5) is 24.2. The molecular weight excluding hydrogens is 244 g/mol.